The molecule has 0 saturated heterocycles. The van der Waals surface area contributed by atoms with Crippen molar-refractivity contribution in [3.05, 3.63) is 46.3 Å². The summed E-state index contributed by atoms with van der Waals surface area (Å²) in [6, 6.07) is 2.82. The van der Waals surface area contributed by atoms with Crippen molar-refractivity contribution in [3.8, 4) is 11.8 Å². The standard InChI is InChI=1S/C21H22FNO3/c1-4-26-20(25)17-10-14(12-5-6-12)15-9-13(7-8-21(2,3)23)18(22)11-16(15)19(17)24/h9-12,14H,4-6,23H2,1-3H3/t14-/m1/s1. The van der Waals surface area contributed by atoms with Crippen LogP contribution in [0.2, 0.25) is 0 Å². The highest BCUT2D eigenvalue weighted by Crippen LogP contribution is 2.47. The van der Waals surface area contributed by atoms with E-state index in [1.807, 2.05) is 0 Å². The van der Waals surface area contributed by atoms with Gasteiger partial charge in [0.15, 0.2) is 5.78 Å². The number of ether oxygens (including phenoxy) is 1. The molecule has 2 aliphatic rings. The van der Waals surface area contributed by atoms with Crippen LogP contribution in [-0.4, -0.2) is 23.9 Å². The Labute approximate surface area is 152 Å². The van der Waals surface area contributed by atoms with Gasteiger partial charge in [-0.05, 0) is 57.2 Å². The van der Waals surface area contributed by atoms with Gasteiger partial charge in [0.2, 0.25) is 0 Å². The molecular formula is C21H22FNO3. The normalized spacial score (nSPS) is 19.2. The number of hydrogen-bond donors (Lipinski definition) is 1. The summed E-state index contributed by atoms with van der Waals surface area (Å²) in [7, 11) is 0. The third-order valence-electron chi connectivity index (χ3n) is 4.48. The highest BCUT2D eigenvalue weighted by Gasteiger charge is 2.39. The average molecular weight is 355 g/mol. The Morgan fingerprint density at radius 1 is 1.38 bits per heavy atom. The molecular weight excluding hydrogens is 333 g/mol. The van der Waals surface area contributed by atoms with Gasteiger partial charge >= 0.3 is 5.97 Å². The molecule has 136 valence electrons. The fourth-order valence-electron chi connectivity index (χ4n) is 3.09. The van der Waals surface area contributed by atoms with Crippen LogP contribution in [0.1, 0.15) is 61.0 Å². The highest BCUT2D eigenvalue weighted by molar-refractivity contribution is 6.25. The number of esters is 1. The van der Waals surface area contributed by atoms with Crippen molar-refractivity contribution in [2.24, 2.45) is 11.7 Å². The Morgan fingerprint density at radius 3 is 2.65 bits per heavy atom. The number of Topliss-reactive ketones (excluding diaryl/α,β-unsaturated/α-hetero) is 1. The zero-order valence-electron chi connectivity index (χ0n) is 15.2. The molecule has 0 heterocycles. The fourth-order valence-corrected chi connectivity index (χ4v) is 3.09. The molecule has 0 aromatic heterocycles. The summed E-state index contributed by atoms with van der Waals surface area (Å²) in [6.45, 7) is 5.34. The number of benzene rings is 1. The van der Waals surface area contributed by atoms with Crippen molar-refractivity contribution in [1.29, 1.82) is 0 Å². The molecule has 2 N–H and O–H groups in total. The minimum Gasteiger partial charge on any atom is -0.462 e. The van der Waals surface area contributed by atoms with E-state index in [1.54, 1.807) is 32.9 Å². The van der Waals surface area contributed by atoms with Crippen molar-refractivity contribution in [2.75, 3.05) is 6.61 Å². The second-order valence-electron chi connectivity index (χ2n) is 7.38. The minimum atomic E-state index is -0.745. The van der Waals surface area contributed by atoms with E-state index in [9.17, 15) is 14.0 Å². The van der Waals surface area contributed by atoms with Gasteiger partial charge in [0, 0.05) is 11.5 Å². The Hall–Kier alpha value is -2.45. The van der Waals surface area contributed by atoms with E-state index in [4.69, 9.17) is 10.5 Å². The lowest BCUT2D eigenvalue weighted by atomic mass is 9.79. The Kier molecular flexibility index (Phi) is 4.72. The van der Waals surface area contributed by atoms with Crippen LogP contribution in [0.15, 0.2) is 23.8 Å². The quantitative estimate of drug-likeness (QED) is 0.514. The topological polar surface area (TPSA) is 69.4 Å². The first-order valence-electron chi connectivity index (χ1n) is 8.80. The van der Waals surface area contributed by atoms with Crippen molar-refractivity contribution < 1.29 is 18.7 Å². The molecule has 0 bridgehead atoms. The number of carbonyl (C=O) groups is 2. The van der Waals surface area contributed by atoms with Crippen LogP contribution < -0.4 is 5.73 Å². The van der Waals surface area contributed by atoms with Gasteiger partial charge < -0.3 is 10.5 Å². The van der Waals surface area contributed by atoms with Gasteiger partial charge in [-0.15, -0.1) is 0 Å². The smallest absolute Gasteiger partial charge is 0.341 e. The number of hydrogen-bond acceptors (Lipinski definition) is 4. The highest BCUT2D eigenvalue weighted by atomic mass is 19.1. The van der Waals surface area contributed by atoms with Crippen molar-refractivity contribution >= 4 is 11.8 Å². The lowest BCUT2D eigenvalue weighted by Crippen LogP contribution is -2.29. The van der Waals surface area contributed by atoms with E-state index in [1.165, 1.54) is 6.07 Å². The third kappa shape index (κ3) is 3.71. The molecule has 3 rings (SSSR count). The predicted molar refractivity (Wildman–Crippen MR) is 96.1 cm³/mol. The van der Waals surface area contributed by atoms with Gasteiger partial charge in [-0.3, -0.25) is 4.79 Å². The molecule has 0 spiro atoms. The zero-order chi connectivity index (χ0) is 19.1. The van der Waals surface area contributed by atoms with Crippen molar-refractivity contribution in [2.45, 2.75) is 45.1 Å². The van der Waals surface area contributed by atoms with Crippen LogP contribution in [0.5, 0.6) is 0 Å². The van der Waals surface area contributed by atoms with E-state index < -0.39 is 23.1 Å². The number of rotatable bonds is 3. The molecule has 4 nitrogen and oxygen atoms in total. The number of fused-ring (bicyclic) bond motifs is 1. The molecule has 5 heteroatoms. The molecule has 2 aliphatic carbocycles. The van der Waals surface area contributed by atoms with Crippen LogP contribution in [0.4, 0.5) is 4.39 Å². The molecule has 0 radical (unpaired) electrons. The molecule has 0 amide bonds. The van der Waals surface area contributed by atoms with Crippen molar-refractivity contribution in [3.63, 3.8) is 0 Å². The van der Waals surface area contributed by atoms with Crippen LogP contribution in [0, 0.1) is 23.6 Å². The molecule has 26 heavy (non-hydrogen) atoms. The second kappa shape index (κ2) is 6.69. The number of ketones is 1. The average Bonchev–Trinajstić information content (AvgIpc) is 3.38. The van der Waals surface area contributed by atoms with Crippen LogP contribution in [0.3, 0.4) is 0 Å². The largest absolute Gasteiger partial charge is 0.462 e. The number of halogens is 1. The van der Waals surface area contributed by atoms with Gasteiger partial charge in [-0.1, -0.05) is 17.9 Å². The first-order chi connectivity index (χ1) is 12.2. The molecule has 0 aliphatic heterocycles. The number of nitrogens with two attached hydrogens (primary N) is 1. The summed E-state index contributed by atoms with van der Waals surface area (Å²) >= 11 is 0. The molecule has 1 aromatic carbocycles. The van der Waals surface area contributed by atoms with E-state index in [0.29, 0.717) is 5.92 Å². The van der Waals surface area contributed by atoms with Gasteiger partial charge in [0.05, 0.1) is 17.7 Å². The van der Waals surface area contributed by atoms with Crippen LogP contribution in [-0.2, 0) is 9.53 Å². The Balaban J connectivity index is 2.08. The summed E-state index contributed by atoms with van der Waals surface area (Å²) in [5, 5.41) is 0. The fraction of sp³-hybridized carbons (Fsp3) is 0.429. The molecule has 1 aromatic rings. The van der Waals surface area contributed by atoms with Crippen LogP contribution in [0.25, 0.3) is 0 Å². The molecule has 1 saturated carbocycles. The zero-order valence-corrected chi connectivity index (χ0v) is 15.2. The lowest BCUT2D eigenvalue weighted by Gasteiger charge is -2.23. The monoisotopic (exact) mass is 355 g/mol. The summed E-state index contributed by atoms with van der Waals surface area (Å²) < 4.78 is 19.5. The maximum Gasteiger partial charge on any atom is 0.341 e. The predicted octanol–water partition coefficient (Wildman–Crippen LogP) is 3.09. The van der Waals surface area contributed by atoms with E-state index in [0.717, 1.165) is 18.4 Å². The number of carbonyl (C=O) groups excluding carboxylic acids is 2. The molecule has 0 unspecified atom stereocenters. The summed E-state index contributed by atoms with van der Waals surface area (Å²) in [6.07, 6.45) is 3.71. The molecule has 1 atom stereocenters. The summed E-state index contributed by atoms with van der Waals surface area (Å²) in [5.74, 6) is 4.11. The summed E-state index contributed by atoms with van der Waals surface area (Å²) in [5.41, 5.74) is 6.27. The molecule has 1 fully saturated rings. The Morgan fingerprint density at radius 2 is 2.08 bits per heavy atom. The first kappa shape index (κ1) is 18.3. The van der Waals surface area contributed by atoms with E-state index in [-0.39, 0.29) is 29.2 Å². The SMILES string of the molecule is CCOC(=O)C1=C[C@H](C2CC2)c2cc(C#CC(C)(C)N)c(F)cc2C1=O. The second-order valence-corrected chi connectivity index (χ2v) is 7.38. The van der Waals surface area contributed by atoms with Gasteiger partial charge in [0.25, 0.3) is 0 Å². The summed E-state index contributed by atoms with van der Waals surface area (Å²) in [4.78, 5) is 24.8. The van der Waals surface area contributed by atoms with Gasteiger partial charge in [-0.25, -0.2) is 9.18 Å². The maximum atomic E-state index is 14.5. The van der Waals surface area contributed by atoms with E-state index in [2.05, 4.69) is 11.8 Å². The third-order valence-corrected chi connectivity index (χ3v) is 4.48. The lowest BCUT2D eigenvalue weighted by molar-refractivity contribution is -0.138. The minimum absolute atomic E-state index is 0.00224. The number of allylic oxidation sites excluding steroid dienone is 1. The first-order valence-corrected chi connectivity index (χ1v) is 8.80. The maximum absolute atomic E-state index is 14.5. The van der Waals surface area contributed by atoms with Crippen LogP contribution >= 0.6 is 0 Å². The van der Waals surface area contributed by atoms with Gasteiger partial charge in [0.1, 0.15) is 11.4 Å². The van der Waals surface area contributed by atoms with Crippen molar-refractivity contribution in [1.82, 2.24) is 0 Å². The van der Waals surface area contributed by atoms with Gasteiger partial charge in [-0.2, -0.15) is 0 Å². The van der Waals surface area contributed by atoms with E-state index >= 15 is 0 Å². The Bertz CT molecular complexity index is 864.